The highest BCUT2D eigenvalue weighted by Crippen LogP contribution is 2.32. The van der Waals surface area contributed by atoms with Gasteiger partial charge in [-0.3, -0.25) is 0 Å². The van der Waals surface area contributed by atoms with Gasteiger partial charge in [-0.25, -0.2) is 14.0 Å². The Hall–Kier alpha value is -2.12. The van der Waals surface area contributed by atoms with Crippen molar-refractivity contribution in [2.45, 2.75) is 0 Å². The molecule has 0 aliphatic rings. The van der Waals surface area contributed by atoms with Crippen LogP contribution in [0.15, 0.2) is 29.2 Å². The number of hydrogen-bond acceptors (Lipinski definition) is 5. The molecule has 0 amide bonds. The lowest BCUT2D eigenvalue weighted by Crippen LogP contribution is -2.16. The van der Waals surface area contributed by atoms with Crippen molar-refractivity contribution in [3.8, 4) is 5.75 Å². The molecule has 1 aromatic carbocycles. The van der Waals surface area contributed by atoms with Crippen LogP contribution in [-0.4, -0.2) is 20.6 Å². The maximum Gasteiger partial charge on any atom is 0.511 e. The van der Waals surface area contributed by atoms with Gasteiger partial charge in [0.05, 0.1) is 16.4 Å². The Morgan fingerprint density at radius 1 is 1.47 bits per heavy atom. The third-order valence-corrected chi connectivity index (χ3v) is 3.82. The summed E-state index contributed by atoms with van der Waals surface area (Å²) in [4.78, 5) is 26.4. The predicted octanol–water partition coefficient (Wildman–Crippen LogP) is 2.62. The van der Waals surface area contributed by atoms with Crippen LogP contribution >= 0.6 is 22.9 Å². The van der Waals surface area contributed by atoms with Crippen LogP contribution in [0.5, 0.6) is 5.75 Å². The van der Waals surface area contributed by atoms with Crippen molar-refractivity contribution >= 4 is 44.1 Å². The SMILES string of the molecule is O=C(O)Oc1cnc(=O)n2c1sc1cc(Cl)ccc12. The van der Waals surface area contributed by atoms with Crippen molar-refractivity contribution in [2.24, 2.45) is 0 Å². The van der Waals surface area contributed by atoms with Crippen molar-refractivity contribution in [1.29, 1.82) is 0 Å². The van der Waals surface area contributed by atoms with Gasteiger partial charge >= 0.3 is 11.8 Å². The molecule has 0 saturated heterocycles. The molecule has 0 fully saturated rings. The van der Waals surface area contributed by atoms with E-state index in [-0.39, 0.29) is 5.75 Å². The molecule has 8 heteroatoms. The maximum atomic E-state index is 11.8. The minimum atomic E-state index is -1.46. The number of hydrogen-bond donors (Lipinski definition) is 1. The molecule has 2 aromatic heterocycles. The molecular formula is C11H5ClN2O4S. The van der Waals surface area contributed by atoms with E-state index >= 15 is 0 Å². The number of ether oxygens (including phenoxy) is 1. The fourth-order valence-corrected chi connectivity index (χ4v) is 3.11. The lowest BCUT2D eigenvalue weighted by Gasteiger charge is -2.00. The number of carbonyl (C=O) groups is 1. The summed E-state index contributed by atoms with van der Waals surface area (Å²) in [6.45, 7) is 0. The Balaban J connectivity index is 2.44. The summed E-state index contributed by atoms with van der Waals surface area (Å²) >= 11 is 7.10. The van der Waals surface area contributed by atoms with Crippen molar-refractivity contribution in [3.05, 3.63) is 39.9 Å². The van der Waals surface area contributed by atoms with Crippen LogP contribution in [-0.2, 0) is 0 Å². The number of benzene rings is 1. The number of halogens is 1. The van der Waals surface area contributed by atoms with E-state index in [0.29, 0.717) is 15.4 Å². The van der Waals surface area contributed by atoms with Gasteiger partial charge in [0.1, 0.15) is 4.83 Å². The topological polar surface area (TPSA) is 80.9 Å². The molecule has 0 unspecified atom stereocenters. The average Bonchev–Trinajstić information content (AvgIpc) is 2.71. The molecule has 0 aliphatic heterocycles. The minimum absolute atomic E-state index is 0.0180. The van der Waals surface area contributed by atoms with E-state index in [1.807, 2.05) is 0 Å². The Labute approximate surface area is 114 Å². The average molecular weight is 297 g/mol. The number of nitrogens with zero attached hydrogens (tertiary/aromatic N) is 2. The van der Waals surface area contributed by atoms with Gasteiger partial charge < -0.3 is 9.84 Å². The van der Waals surface area contributed by atoms with Gasteiger partial charge in [0.15, 0.2) is 5.75 Å². The largest absolute Gasteiger partial charge is 0.511 e. The number of aromatic nitrogens is 2. The molecule has 3 rings (SSSR count). The van der Waals surface area contributed by atoms with Crippen molar-refractivity contribution < 1.29 is 14.6 Å². The molecule has 0 bridgehead atoms. The molecule has 0 aliphatic carbocycles. The summed E-state index contributed by atoms with van der Waals surface area (Å²) in [6, 6.07) is 5.01. The Morgan fingerprint density at radius 3 is 3.00 bits per heavy atom. The zero-order chi connectivity index (χ0) is 13.6. The van der Waals surface area contributed by atoms with E-state index in [1.54, 1.807) is 18.2 Å². The lowest BCUT2D eigenvalue weighted by molar-refractivity contribution is 0.145. The summed E-state index contributed by atoms with van der Waals surface area (Å²) in [7, 11) is 0. The van der Waals surface area contributed by atoms with Crippen molar-refractivity contribution in [3.63, 3.8) is 0 Å². The smallest absolute Gasteiger partial charge is 0.449 e. The quantitative estimate of drug-likeness (QED) is 0.698. The Kier molecular flexibility index (Phi) is 2.65. The Morgan fingerprint density at radius 2 is 2.26 bits per heavy atom. The van der Waals surface area contributed by atoms with Gasteiger partial charge in [0, 0.05) is 5.02 Å². The molecule has 3 aromatic rings. The van der Waals surface area contributed by atoms with Crippen LogP contribution in [0.25, 0.3) is 15.0 Å². The summed E-state index contributed by atoms with van der Waals surface area (Å²) in [5, 5.41) is 9.19. The third kappa shape index (κ3) is 1.92. The third-order valence-electron chi connectivity index (χ3n) is 2.46. The first kappa shape index (κ1) is 11.9. The first-order valence-corrected chi connectivity index (χ1v) is 6.26. The first-order chi connectivity index (χ1) is 9.06. The number of fused-ring (bicyclic) bond motifs is 3. The fraction of sp³-hybridized carbons (Fsp3) is 0. The van der Waals surface area contributed by atoms with E-state index in [9.17, 15) is 9.59 Å². The van der Waals surface area contributed by atoms with Gasteiger partial charge in [-0.05, 0) is 18.2 Å². The van der Waals surface area contributed by atoms with Gasteiger partial charge in [-0.2, -0.15) is 4.98 Å². The zero-order valence-electron chi connectivity index (χ0n) is 9.16. The van der Waals surface area contributed by atoms with Crippen LogP contribution < -0.4 is 10.4 Å². The molecule has 6 nitrogen and oxygen atoms in total. The maximum absolute atomic E-state index is 11.8. The van der Waals surface area contributed by atoms with Crippen molar-refractivity contribution in [1.82, 2.24) is 9.38 Å². The van der Waals surface area contributed by atoms with Crippen LogP contribution in [0.1, 0.15) is 0 Å². The monoisotopic (exact) mass is 296 g/mol. The molecule has 96 valence electrons. The molecule has 19 heavy (non-hydrogen) atoms. The first-order valence-electron chi connectivity index (χ1n) is 5.07. The predicted molar refractivity (Wildman–Crippen MR) is 70.5 cm³/mol. The van der Waals surface area contributed by atoms with Crippen LogP contribution in [0, 0.1) is 0 Å². The minimum Gasteiger partial charge on any atom is -0.449 e. The van der Waals surface area contributed by atoms with Crippen LogP contribution in [0.4, 0.5) is 4.79 Å². The van der Waals surface area contributed by atoms with Gasteiger partial charge in [-0.1, -0.05) is 11.6 Å². The second-order valence-electron chi connectivity index (χ2n) is 3.63. The standard InChI is InChI=1S/C11H5ClN2O4S/c12-5-1-2-6-8(3-5)19-9-7(18-11(16)17)4-13-10(15)14(6)9/h1-4H,(H,16,17). The second kappa shape index (κ2) is 4.22. The molecule has 0 radical (unpaired) electrons. The van der Waals surface area contributed by atoms with Gasteiger partial charge in [0.2, 0.25) is 0 Å². The second-order valence-corrected chi connectivity index (χ2v) is 5.09. The molecule has 0 atom stereocenters. The number of carboxylic acid groups (broad SMARTS) is 1. The highest BCUT2D eigenvalue weighted by molar-refractivity contribution is 7.24. The van der Waals surface area contributed by atoms with Crippen LogP contribution in [0.2, 0.25) is 5.02 Å². The molecule has 2 heterocycles. The molecule has 0 spiro atoms. The van der Waals surface area contributed by atoms with E-state index in [2.05, 4.69) is 9.72 Å². The van der Waals surface area contributed by atoms with Gasteiger partial charge in [-0.15, -0.1) is 11.3 Å². The van der Waals surface area contributed by atoms with Crippen molar-refractivity contribution in [2.75, 3.05) is 0 Å². The number of rotatable bonds is 1. The van der Waals surface area contributed by atoms with Gasteiger partial charge in [0.25, 0.3) is 0 Å². The summed E-state index contributed by atoms with van der Waals surface area (Å²) in [5.74, 6) is 0.0180. The Bertz CT molecular complexity index is 870. The molecular weight excluding hydrogens is 292 g/mol. The zero-order valence-corrected chi connectivity index (χ0v) is 10.7. The molecule has 0 saturated carbocycles. The summed E-state index contributed by atoms with van der Waals surface area (Å²) < 4.78 is 6.66. The highest BCUT2D eigenvalue weighted by atomic mass is 35.5. The van der Waals surface area contributed by atoms with E-state index < -0.39 is 11.8 Å². The van der Waals surface area contributed by atoms with Crippen LogP contribution in [0.3, 0.4) is 0 Å². The summed E-state index contributed by atoms with van der Waals surface area (Å²) in [6.07, 6.45) is -0.360. The van der Waals surface area contributed by atoms with E-state index in [0.717, 1.165) is 10.9 Å². The fourth-order valence-electron chi connectivity index (χ4n) is 1.75. The summed E-state index contributed by atoms with van der Waals surface area (Å²) in [5.41, 5.74) is 0.110. The normalized spacial score (nSPS) is 11.0. The highest BCUT2D eigenvalue weighted by Gasteiger charge is 2.14. The molecule has 1 N–H and O–H groups in total. The number of thiazole rings is 1. The van der Waals surface area contributed by atoms with E-state index in [4.69, 9.17) is 16.7 Å². The lowest BCUT2D eigenvalue weighted by atomic mass is 10.3. The van der Waals surface area contributed by atoms with E-state index in [1.165, 1.54) is 15.7 Å².